The summed E-state index contributed by atoms with van der Waals surface area (Å²) < 4.78 is 28.0. The Labute approximate surface area is 96.5 Å². The van der Waals surface area contributed by atoms with Crippen LogP contribution in [0.3, 0.4) is 0 Å². The molecule has 0 atom stereocenters. The minimum atomic E-state index is -0.782. The molecule has 90 valence electrons. The smallest absolute Gasteiger partial charge is 0.193 e. The topological polar surface area (TPSA) is 55.6 Å². The van der Waals surface area contributed by atoms with Crippen molar-refractivity contribution in [3.05, 3.63) is 30.4 Å². The second-order valence-electron chi connectivity index (χ2n) is 3.39. The lowest BCUT2D eigenvalue weighted by molar-refractivity contribution is 0.562. The third-order valence-electron chi connectivity index (χ3n) is 2.09. The highest BCUT2D eigenvalue weighted by atomic mass is 19.1. The zero-order chi connectivity index (χ0) is 12.3. The molecule has 0 unspecified atom stereocenters. The molecule has 17 heavy (non-hydrogen) atoms. The third kappa shape index (κ3) is 2.38. The van der Waals surface area contributed by atoms with Crippen LogP contribution in [0.4, 0.5) is 14.6 Å². The number of halogens is 2. The number of nitrogens with one attached hydrogen (secondary N) is 1. The summed E-state index contributed by atoms with van der Waals surface area (Å²) in [5, 5.41) is 6.53. The van der Waals surface area contributed by atoms with E-state index in [0.29, 0.717) is 6.54 Å². The molecule has 2 rings (SSSR count). The number of pyridine rings is 1. The van der Waals surface area contributed by atoms with Crippen molar-refractivity contribution in [2.75, 3.05) is 11.9 Å². The van der Waals surface area contributed by atoms with E-state index in [1.807, 2.05) is 6.92 Å². The molecule has 2 aromatic rings. The van der Waals surface area contributed by atoms with Crippen molar-refractivity contribution in [3.63, 3.8) is 0 Å². The SMILES string of the molecule is CCCNc1nc(-n2cncn2)c(F)cc1F. The lowest BCUT2D eigenvalue weighted by Crippen LogP contribution is -2.09. The fourth-order valence-electron chi connectivity index (χ4n) is 1.30. The number of hydrogen-bond acceptors (Lipinski definition) is 4. The Bertz CT molecular complexity index is 498. The van der Waals surface area contributed by atoms with E-state index in [1.54, 1.807) is 0 Å². The number of hydrogen-bond donors (Lipinski definition) is 1. The van der Waals surface area contributed by atoms with Crippen molar-refractivity contribution < 1.29 is 8.78 Å². The summed E-state index contributed by atoms with van der Waals surface area (Å²) in [6, 6.07) is 0.780. The van der Waals surface area contributed by atoms with Crippen molar-refractivity contribution in [3.8, 4) is 5.82 Å². The molecule has 0 bridgehead atoms. The van der Waals surface area contributed by atoms with Gasteiger partial charge in [0.2, 0.25) is 0 Å². The molecule has 0 fully saturated rings. The van der Waals surface area contributed by atoms with Gasteiger partial charge in [-0.25, -0.2) is 18.7 Å². The second kappa shape index (κ2) is 4.86. The van der Waals surface area contributed by atoms with E-state index in [4.69, 9.17) is 0 Å². The molecule has 7 heteroatoms. The summed E-state index contributed by atoms with van der Waals surface area (Å²) in [6.07, 6.45) is 3.37. The summed E-state index contributed by atoms with van der Waals surface area (Å²) >= 11 is 0. The van der Waals surface area contributed by atoms with Crippen LogP contribution in [0.25, 0.3) is 5.82 Å². The maximum Gasteiger partial charge on any atom is 0.193 e. The Balaban J connectivity index is 2.39. The number of nitrogens with zero attached hydrogens (tertiary/aromatic N) is 4. The molecule has 0 aliphatic carbocycles. The average molecular weight is 239 g/mol. The molecule has 2 heterocycles. The standard InChI is InChI=1S/C10H11F2N5/c1-2-3-14-9-7(11)4-8(12)10(16-9)17-6-13-5-15-17/h4-6H,2-3H2,1H3,(H,14,16). The monoisotopic (exact) mass is 239 g/mol. The maximum absolute atomic E-state index is 13.5. The summed E-state index contributed by atoms with van der Waals surface area (Å²) in [5.41, 5.74) is 0. The first-order valence-corrected chi connectivity index (χ1v) is 5.17. The molecule has 0 aliphatic rings. The van der Waals surface area contributed by atoms with Crippen LogP contribution in [-0.2, 0) is 0 Å². The highest BCUT2D eigenvalue weighted by molar-refractivity contribution is 5.41. The Morgan fingerprint density at radius 3 is 2.82 bits per heavy atom. The molecule has 1 N–H and O–H groups in total. The summed E-state index contributed by atoms with van der Waals surface area (Å²) in [6.45, 7) is 2.50. The summed E-state index contributed by atoms with van der Waals surface area (Å²) in [4.78, 5) is 7.54. The lowest BCUT2D eigenvalue weighted by atomic mass is 10.4. The van der Waals surface area contributed by atoms with Crippen molar-refractivity contribution >= 4 is 5.82 Å². The Morgan fingerprint density at radius 2 is 2.18 bits per heavy atom. The Morgan fingerprint density at radius 1 is 1.35 bits per heavy atom. The molecular weight excluding hydrogens is 228 g/mol. The van der Waals surface area contributed by atoms with Crippen molar-refractivity contribution in [1.29, 1.82) is 0 Å². The molecule has 0 aromatic carbocycles. The highest BCUT2D eigenvalue weighted by Gasteiger charge is 2.13. The number of aromatic nitrogens is 4. The average Bonchev–Trinajstić information content (AvgIpc) is 2.81. The van der Waals surface area contributed by atoms with Gasteiger partial charge in [0.1, 0.15) is 12.7 Å². The predicted molar refractivity (Wildman–Crippen MR) is 57.9 cm³/mol. The molecular formula is C10H11F2N5. The van der Waals surface area contributed by atoms with Crippen molar-refractivity contribution in [1.82, 2.24) is 19.7 Å². The zero-order valence-electron chi connectivity index (χ0n) is 9.19. The molecule has 0 aliphatic heterocycles. The van der Waals surface area contributed by atoms with E-state index in [-0.39, 0.29) is 11.6 Å². The van der Waals surface area contributed by atoms with E-state index in [1.165, 1.54) is 12.7 Å². The number of anilines is 1. The minimum Gasteiger partial charge on any atom is -0.368 e. The van der Waals surface area contributed by atoms with Gasteiger partial charge in [0.25, 0.3) is 0 Å². The van der Waals surface area contributed by atoms with Gasteiger partial charge in [0, 0.05) is 12.6 Å². The Hall–Kier alpha value is -2.05. The summed E-state index contributed by atoms with van der Waals surface area (Å²) in [7, 11) is 0. The van der Waals surface area contributed by atoms with Gasteiger partial charge in [-0.1, -0.05) is 6.92 Å². The van der Waals surface area contributed by atoms with Crippen LogP contribution in [0.2, 0.25) is 0 Å². The first-order valence-electron chi connectivity index (χ1n) is 5.17. The second-order valence-corrected chi connectivity index (χ2v) is 3.39. The zero-order valence-corrected chi connectivity index (χ0v) is 9.19. The van der Waals surface area contributed by atoms with Crippen LogP contribution >= 0.6 is 0 Å². The Kier molecular flexibility index (Phi) is 3.27. The van der Waals surface area contributed by atoms with Gasteiger partial charge in [-0.3, -0.25) is 0 Å². The highest BCUT2D eigenvalue weighted by Crippen LogP contribution is 2.17. The van der Waals surface area contributed by atoms with Crippen molar-refractivity contribution in [2.45, 2.75) is 13.3 Å². The van der Waals surface area contributed by atoms with E-state index < -0.39 is 11.6 Å². The molecule has 0 amide bonds. The van der Waals surface area contributed by atoms with Gasteiger partial charge in [-0.05, 0) is 6.42 Å². The molecule has 0 radical (unpaired) electrons. The van der Waals surface area contributed by atoms with Crippen LogP contribution in [0.1, 0.15) is 13.3 Å². The normalized spacial score (nSPS) is 10.5. The van der Waals surface area contributed by atoms with Crippen LogP contribution < -0.4 is 5.32 Å². The first kappa shape index (κ1) is 11.4. The van der Waals surface area contributed by atoms with E-state index in [2.05, 4.69) is 20.4 Å². The van der Waals surface area contributed by atoms with Gasteiger partial charge in [0.05, 0.1) is 0 Å². The van der Waals surface area contributed by atoms with Crippen LogP contribution in [-0.4, -0.2) is 26.3 Å². The van der Waals surface area contributed by atoms with Gasteiger partial charge >= 0.3 is 0 Å². The quantitative estimate of drug-likeness (QED) is 0.883. The number of rotatable bonds is 4. The van der Waals surface area contributed by atoms with Gasteiger partial charge in [-0.2, -0.15) is 9.78 Å². The van der Waals surface area contributed by atoms with E-state index >= 15 is 0 Å². The molecule has 0 spiro atoms. The van der Waals surface area contributed by atoms with E-state index in [9.17, 15) is 8.78 Å². The molecule has 2 aromatic heterocycles. The molecule has 0 saturated carbocycles. The van der Waals surface area contributed by atoms with Crippen molar-refractivity contribution in [2.24, 2.45) is 0 Å². The fraction of sp³-hybridized carbons (Fsp3) is 0.300. The minimum absolute atomic E-state index is 0.0127. The van der Waals surface area contributed by atoms with Crippen LogP contribution in [0.15, 0.2) is 18.7 Å². The van der Waals surface area contributed by atoms with Crippen LogP contribution in [0, 0.1) is 11.6 Å². The third-order valence-corrected chi connectivity index (χ3v) is 2.09. The van der Waals surface area contributed by atoms with Gasteiger partial charge < -0.3 is 5.32 Å². The van der Waals surface area contributed by atoms with Gasteiger partial charge in [0.15, 0.2) is 23.3 Å². The lowest BCUT2D eigenvalue weighted by Gasteiger charge is -2.08. The predicted octanol–water partition coefficient (Wildman–Crippen LogP) is 1.76. The fourth-order valence-corrected chi connectivity index (χ4v) is 1.30. The van der Waals surface area contributed by atoms with E-state index in [0.717, 1.165) is 17.2 Å². The largest absolute Gasteiger partial charge is 0.368 e. The molecule has 5 nitrogen and oxygen atoms in total. The summed E-state index contributed by atoms with van der Waals surface area (Å²) in [5.74, 6) is -1.57. The molecule has 0 saturated heterocycles. The first-order chi connectivity index (χ1) is 8.22. The maximum atomic E-state index is 13.5. The van der Waals surface area contributed by atoms with Gasteiger partial charge in [-0.15, -0.1) is 0 Å². The van der Waals surface area contributed by atoms with Crippen LogP contribution in [0.5, 0.6) is 0 Å².